The molecule has 0 aromatic heterocycles. The number of carbonyl (C=O) groups is 2. The zero-order chi connectivity index (χ0) is 19.6. The standard InChI is InChI=1S/C21H27N3O3/c1-24(2)20(25)8-5-13-22-15-16-6-4-7-18(14-16)23-21(26)17-9-11-19(27-3)12-10-17/h4,6-7,9-12,14,22H,5,8,13,15H2,1-3H3,(H,23,26). The summed E-state index contributed by atoms with van der Waals surface area (Å²) >= 11 is 0. The number of nitrogens with zero attached hydrogens (tertiary/aromatic N) is 1. The van der Waals surface area contributed by atoms with Crippen LogP contribution < -0.4 is 15.4 Å². The minimum absolute atomic E-state index is 0.139. The Balaban J connectivity index is 1.82. The van der Waals surface area contributed by atoms with Crippen molar-refractivity contribution in [2.45, 2.75) is 19.4 Å². The molecule has 0 unspecified atom stereocenters. The second-order valence-electron chi connectivity index (χ2n) is 6.45. The van der Waals surface area contributed by atoms with Gasteiger partial charge in [-0.05, 0) is 54.9 Å². The van der Waals surface area contributed by atoms with Gasteiger partial charge >= 0.3 is 0 Å². The summed E-state index contributed by atoms with van der Waals surface area (Å²) in [7, 11) is 5.12. The number of amides is 2. The van der Waals surface area contributed by atoms with Gasteiger partial charge in [0.25, 0.3) is 5.91 Å². The van der Waals surface area contributed by atoms with Crippen molar-refractivity contribution in [2.75, 3.05) is 33.1 Å². The highest BCUT2D eigenvalue weighted by atomic mass is 16.5. The van der Waals surface area contributed by atoms with Crippen molar-refractivity contribution >= 4 is 17.5 Å². The lowest BCUT2D eigenvalue weighted by atomic mass is 10.1. The molecule has 6 heteroatoms. The highest BCUT2D eigenvalue weighted by molar-refractivity contribution is 6.04. The summed E-state index contributed by atoms with van der Waals surface area (Å²) in [4.78, 5) is 25.5. The number of benzene rings is 2. The van der Waals surface area contributed by atoms with Crippen molar-refractivity contribution < 1.29 is 14.3 Å². The highest BCUT2D eigenvalue weighted by Crippen LogP contribution is 2.15. The van der Waals surface area contributed by atoms with Gasteiger partial charge in [0.15, 0.2) is 0 Å². The minimum atomic E-state index is -0.162. The van der Waals surface area contributed by atoms with E-state index in [9.17, 15) is 9.59 Å². The smallest absolute Gasteiger partial charge is 0.255 e. The van der Waals surface area contributed by atoms with Gasteiger partial charge in [0.1, 0.15) is 5.75 Å². The summed E-state index contributed by atoms with van der Waals surface area (Å²) in [6.45, 7) is 1.45. The van der Waals surface area contributed by atoms with Crippen molar-refractivity contribution in [1.29, 1.82) is 0 Å². The van der Waals surface area contributed by atoms with E-state index in [1.807, 2.05) is 24.3 Å². The van der Waals surface area contributed by atoms with Crippen LogP contribution in [0.2, 0.25) is 0 Å². The van der Waals surface area contributed by atoms with Crippen LogP contribution >= 0.6 is 0 Å². The Labute approximate surface area is 160 Å². The summed E-state index contributed by atoms with van der Waals surface area (Å²) in [5, 5.41) is 6.23. The Morgan fingerprint density at radius 3 is 2.48 bits per heavy atom. The molecule has 0 spiro atoms. The Bertz CT molecular complexity index is 758. The Morgan fingerprint density at radius 2 is 1.81 bits per heavy atom. The number of methoxy groups -OCH3 is 1. The van der Waals surface area contributed by atoms with E-state index in [4.69, 9.17) is 4.74 Å². The number of hydrogen-bond acceptors (Lipinski definition) is 4. The number of hydrogen-bond donors (Lipinski definition) is 2. The monoisotopic (exact) mass is 369 g/mol. The number of rotatable bonds is 9. The zero-order valence-corrected chi connectivity index (χ0v) is 16.1. The molecule has 2 rings (SSSR count). The molecular weight excluding hydrogens is 342 g/mol. The lowest BCUT2D eigenvalue weighted by molar-refractivity contribution is -0.128. The van der Waals surface area contributed by atoms with Gasteiger partial charge in [0, 0.05) is 38.3 Å². The van der Waals surface area contributed by atoms with Crippen molar-refractivity contribution in [2.24, 2.45) is 0 Å². The third-order valence-corrected chi connectivity index (χ3v) is 4.11. The lowest BCUT2D eigenvalue weighted by Crippen LogP contribution is -2.23. The quantitative estimate of drug-likeness (QED) is 0.667. The Kier molecular flexibility index (Phi) is 7.82. The molecule has 0 bridgehead atoms. The second-order valence-corrected chi connectivity index (χ2v) is 6.45. The number of nitrogens with one attached hydrogen (secondary N) is 2. The SMILES string of the molecule is COc1ccc(C(=O)Nc2cccc(CNCCCC(=O)N(C)C)c2)cc1. The van der Waals surface area contributed by atoms with Crippen LogP contribution in [-0.2, 0) is 11.3 Å². The van der Waals surface area contributed by atoms with Crippen LogP contribution in [0.15, 0.2) is 48.5 Å². The van der Waals surface area contributed by atoms with Crippen LogP contribution in [0.3, 0.4) is 0 Å². The summed E-state index contributed by atoms with van der Waals surface area (Å²) in [6.07, 6.45) is 1.34. The van der Waals surface area contributed by atoms with E-state index in [0.29, 0.717) is 24.3 Å². The van der Waals surface area contributed by atoms with Gasteiger partial charge in [-0.25, -0.2) is 0 Å². The van der Waals surface area contributed by atoms with Crippen molar-refractivity contribution in [3.8, 4) is 5.75 Å². The molecule has 0 aliphatic heterocycles. The predicted octanol–water partition coefficient (Wildman–Crippen LogP) is 2.91. The molecule has 27 heavy (non-hydrogen) atoms. The topological polar surface area (TPSA) is 70.7 Å². The second kappa shape index (κ2) is 10.3. The fourth-order valence-corrected chi connectivity index (χ4v) is 2.53. The molecule has 2 amide bonds. The molecule has 0 radical (unpaired) electrons. The number of anilines is 1. The average Bonchev–Trinajstić information content (AvgIpc) is 2.67. The van der Waals surface area contributed by atoms with Gasteiger partial charge in [-0.1, -0.05) is 12.1 Å². The largest absolute Gasteiger partial charge is 0.497 e. The summed E-state index contributed by atoms with van der Waals surface area (Å²) in [6, 6.07) is 14.7. The maximum absolute atomic E-state index is 12.3. The first-order valence-corrected chi connectivity index (χ1v) is 8.95. The first-order chi connectivity index (χ1) is 13.0. The number of carbonyl (C=O) groups excluding carboxylic acids is 2. The average molecular weight is 369 g/mol. The number of ether oxygens (including phenoxy) is 1. The fraction of sp³-hybridized carbons (Fsp3) is 0.333. The fourth-order valence-electron chi connectivity index (χ4n) is 2.53. The molecule has 6 nitrogen and oxygen atoms in total. The molecule has 0 aliphatic carbocycles. The van der Waals surface area contributed by atoms with E-state index >= 15 is 0 Å². The molecule has 0 fully saturated rings. The molecule has 2 aromatic carbocycles. The zero-order valence-electron chi connectivity index (χ0n) is 16.1. The van der Waals surface area contributed by atoms with E-state index in [2.05, 4.69) is 10.6 Å². The molecule has 0 aliphatic rings. The van der Waals surface area contributed by atoms with Crippen molar-refractivity contribution in [1.82, 2.24) is 10.2 Å². The molecule has 2 aromatic rings. The summed E-state index contributed by atoms with van der Waals surface area (Å²) in [5.41, 5.74) is 2.39. The molecule has 0 saturated carbocycles. The van der Waals surface area contributed by atoms with Crippen molar-refractivity contribution in [3.63, 3.8) is 0 Å². The van der Waals surface area contributed by atoms with Crippen LogP contribution in [-0.4, -0.2) is 44.5 Å². The van der Waals surface area contributed by atoms with Gasteiger partial charge in [-0.3, -0.25) is 9.59 Å². The van der Waals surface area contributed by atoms with E-state index in [1.165, 1.54) is 0 Å². The van der Waals surface area contributed by atoms with Gasteiger partial charge in [-0.15, -0.1) is 0 Å². The molecule has 0 saturated heterocycles. The first-order valence-electron chi connectivity index (χ1n) is 8.95. The summed E-state index contributed by atoms with van der Waals surface area (Å²) < 4.78 is 5.10. The van der Waals surface area contributed by atoms with Crippen LogP contribution in [0.1, 0.15) is 28.8 Å². The Hall–Kier alpha value is -2.86. The van der Waals surface area contributed by atoms with E-state index < -0.39 is 0 Å². The van der Waals surface area contributed by atoms with Crippen LogP contribution in [0.4, 0.5) is 5.69 Å². The molecule has 144 valence electrons. The van der Waals surface area contributed by atoms with Crippen LogP contribution in [0.5, 0.6) is 5.75 Å². The van der Waals surface area contributed by atoms with Gasteiger partial charge in [0.2, 0.25) is 5.91 Å². The maximum atomic E-state index is 12.3. The molecular formula is C21H27N3O3. The summed E-state index contributed by atoms with van der Waals surface area (Å²) in [5.74, 6) is 0.692. The highest BCUT2D eigenvalue weighted by Gasteiger charge is 2.07. The predicted molar refractivity (Wildman–Crippen MR) is 107 cm³/mol. The van der Waals surface area contributed by atoms with E-state index in [-0.39, 0.29) is 11.8 Å². The van der Waals surface area contributed by atoms with Crippen LogP contribution in [0.25, 0.3) is 0 Å². The molecule has 0 heterocycles. The molecule has 0 atom stereocenters. The third kappa shape index (κ3) is 6.75. The lowest BCUT2D eigenvalue weighted by Gasteiger charge is -2.11. The van der Waals surface area contributed by atoms with E-state index in [1.54, 1.807) is 50.4 Å². The Morgan fingerprint density at radius 1 is 1.07 bits per heavy atom. The first kappa shape index (κ1) is 20.5. The van der Waals surface area contributed by atoms with Gasteiger partial charge in [-0.2, -0.15) is 0 Å². The van der Waals surface area contributed by atoms with Crippen molar-refractivity contribution in [3.05, 3.63) is 59.7 Å². The van der Waals surface area contributed by atoms with E-state index in [0.717, 1.165) is 24.2 Å². The van der Waals surface area contributed by atoms with Gasteiger partial charge < -0.3 is 20.3 Å². The maximum Gasteiger partial charge on any atom is 0.255 e. The van der Waals surface area contributed by atoms with Crippen LogP contribution in [0, 0.1) is 0 Å². The normalized spacial score (nSPS) is 10.3. The minimum Gasteiger partial charge on any atom is -0.497 e. The molecule has 2 N–H and O–H groups in total. The third-order valence-electron chi connectivity index (χ3n) is 4.11. The van der Waals surface area contributed by atoms with Gasteiger partial charge in [0.05, 0.1) is 7.11 Å².